The Bertz CT molecular complexity index is 381. The smallest absolute Gasteiger partial charge is 0.324 e. The molecule has 0 fully saturated rings. The summed E-state index contributed by atoms with van der Waals surface area (Å²) in [6.45, 7) is 2.68. The van der Waals surface area contributed by atoms with Crippen molar-refractivity contribution >= 4 is 5.97 Å². The summed E-state index contributed by atoms with van der Waals surface area (Å²) in [6.07, 6.45) is 0.905. The number of hydrogen-bond acceptors (Lipinski definition) is 4. The molecule has 1 rings (SSSR count). The number of ether oxygens (including phenoxy) is 2. The van der Waals surface area contributed by atoms with Crippen LogP contribution in [0.1, 0.15) is 13.3 Å². The number of hydrogen-bond donors (Lipinski definition) is 2. The first-order valence-corrected chi connectivity index (χ1v) is 5.93. The molecule has 1 atom stereocenters. The first-order valence-electron chi connectivity index (χ1n) is 5.93. The van der Waals surface area contributed by atoms with Gasteiger partial charge in [-0.3, -0.25) is 4.79 Å². The highest BCUT2D eigenvalue weighted by Gasteiger charge is 2.16. The van der Waals surface area contributed by atoms with Gasteiger partial charge in [-0.15, -0.1) is 0 Å². The highest BCUT2D eigenvalue weighted by Crippen LogP contribution is 2.26. The van der Waals surface area contributed by atoms with Crippen LogP contribution in [0.3, 0.4) is 0 Å². The number of carboxylic acids is 1. The van der Waals surface area contributed by atoms with Gasteiger partial charge in [0.05, 0.1) is 6.61 Å². The normalized spacial score (nSPS) is 11.9. The molecule has 0 aliphatic heterocycles. The highest BCUT2D eigenvalue weighted by atomic mass is 16.5. The summed E-state index contributed by atoms with van der Waals surface area (Å²) < 4.78 is 11.0. The van der Waals surface area contributed by atoms with Gasteiger partial charge < -0.3 is 19.9 Å². The average Bonchev–Trinajstić information content (AvgIpc) is 2.38. The van der Waals surface area contributed by atoms with Gasteiger partial charge in [-0.05, 0) is 25.6 Å². The van der Waals surface area contributed by atoms with Gasteiger partial charge in [0.25, 0.3) is 0 Å². The van der Waals surface area contributed by atoms with Gasteiger partial charge in [-0.25, -0.2) is 0 Å². The van der Waals surface area contributed by atoms with E-state index in [9.17, 15) is 4.79 Å². The van der Waals surface area contributed by atoms with E-state index < -0.39 is 12.0 Å². The maximum absolute atomic E-state index is 10.8. The quantitative estimate of drug-likeness (QED) is 0.735. The fourth-order valence-corrected chi connectivity index (χ4v) is 1.35. The minimum absolute atomic E-state index is 0.0539. The van der Waals surface area contributed by atoms with Crippen molar-refractivity contribution < 1.29 is 19.4 Å². The molecule has 2 N–H and O–H groups in total. The highest BCUT2D eigenvalue weighted by molar-refractivity contribution is 5.73. The Morgan fingerprint density at radius 1 is 1.33 bits per heavy atom. The molecule has 0 aliphatic rings. The van der Waals surface area contributed by atoms with E-state index in [0.29, 0.717) is 18.1 Å². The lowest BCUT2D eigenvalue weighted by molar-refractivity contribution is -0.140. The van der Waals surface area contributed by atoms with Crippen molar-refractivity contribution in [1.82, 2.24) is 5.32 Å². The molecular formula is C13H19NO4. The van der Waals surface area contributed by atoms with Crippen LogP contribution >= 0.6 is 0 Å². The number of carboxylic acid groups (broad SMARTS) is 1. The van der Waals surface area contributed by atoms with Crippen LogP contribution in [0.15, 0.2) is 24.3 Å². The van der Waals surface area contributed by atoms with Crippen LogP contribution in [0.4, 0.5) is 0 Å². The summed E-state index contributed by atoms with van der Waals surface area (Å²) in [6, 6.07) is 6.51. The van der Waals surface area contributed by atoms with Gasteiger partial charge in [0.15, 0.2) is 11.5 Å². The first-order chi connectivity index (χ1) is 8.69. The van der Waals surface area contributed by atoms with Crippen molar-refractivity contribution in [2.24, 2.45) is 0 Å². The minimum Gasteiger partial charge on any atom is -0.490 e. The van der Waals surface area contributed by atoms with Crippen molar-refractivity contribution in [1.29, 1.82) is 0 Å². The SMILES string of the molecule is CCCOc1ccccc1OCC(NC)C(=O)O. The van der Waals surface area contributed by atoms with Gasteiger partial charge in [0.2, 0.25) is 0 Å². The Hall–Kier alpha value is -1.75. The van der Waals surface area contributed by atoms with Crippen LogP contribution in [-0.4, -0.2) is 37.4 Å². The molecule has 0 aromatic heterocycles. The van der Waals surface area contributed by atoms with Crippen LogP contribution in [0.25, 0.3) is 0 Å². The van der Waals surface area contributed by atoms with Gasteiger partial charge in [0, 0.05) is 0 Å². The van der Waals surface area contributed by atoms with Gasteiger partial charge >= 0.3 is 5.97 Å². The van der Waals surface area contributed by atoms with Crippen molar-refractivity contribution in [3.05, 3.63) is 24.3 Å². The zero-order valence-corrected chi connectivity index (χ0v) is 10.7. The van der Waals surface area contributed by atoms with Crippen LogP contribution in [0.2, 0.25) is 0 Å². The Labute approximate surface area is 107 Å². The molecule has 0 aliphatic carbocycles. The third-order valence-electron chi connectivity index (χ3n) is 2.36. The van der Waals surface area contributed by atoms with Crippen LogP contribution in [-0.2, 0) is 4.79 Å². The Morgan fingerprint density at radius 3 is 2.44 bits per heavy atom. The standard InChI is InChI=1S/C13H19NO4/c1-3-8-17-11-6-4-5-7-12(11)18-9-10(14-2)13(15)16/h4-7,10,14H,3,8-9H2,1-2H3,(H,15,16). The second-order valence-corrected chi connectivity index (χ2v) is 3.79. The van der Waals surface area contributed by atoms with E-state index in [-0.39, 0.29) is 6.61 Å². The summed E-state index contributed by atoms with van der Waals surface area (Å²) in [4.78, 5) is 10.8. The number of nitrogens with one attached hydrogen (secondary N) is 1. The molecule has 0 radical (unpaired) electrons. The third-order valence-corrected chi connectivity index (χ3v) is 2.36. The maximum atomic E-state index is 10.8. The van der Waals surface area contributed by atoms with E-state index in [0.717, 1.165) is 6.42 Å². The molecule has 5 nitrogen and oxygen atoms in total. The topological polar surface area (TPSA) is 67.8 Å². The van der Waals surface area contributed by atoms with E-state index in [1.54, 1.807) is 19.2 Å². The van der Waals surface area contributed by atoms with Crippen molar-refractivity contribution in [3.8, 4) is 11.5 Å². The molecule has 5 heteroatoms. The maximum Gasteiger partial charge on any atom is 0.324 e. The van der Waals surface area contributed by atoms with E-state index >= 15 is 0 Å². The van der Waals surface area contributed by atoms with Crippen molar-refractivity contribution in [2.45, 2.75) is 19.4 Å². The lowest BCUT2D eigenvalue weighted by atomic mass is 10.3. The molecule has 100 valence electrons. The molecule has 1 unspecified atom stereocenters. The second-order valence-electron chi connectivity index (χ2n) is 3.79. The molecule has 18 heavy (non-hydrogen) atoms. The molecule has 0 saturated heterocycles. The number of para-hydroxylation sites is 2. The zero-order chi connectivity index (χ0) is 13.4. The fourth-order valence-electron chi connectivity index (χ4n) is 1.35. The lowest BCUT2D eigenvalue weighted by Crippen LogP contribution is -2.39. The molecule has 0 spiro atoms. The zero-order valence-electron chi connectivity index (χ0n) is 10.7. The predicted molar refractivity (Wildman–Crippen MR) is 68.2 cm³/mol. The van der Waals surface area contributed by atoms with E-state index in [4.69, 9.17) is 14.6 Å². The molecular weight excluding hydrogens is 234 g/mol. The van der Waals surface area contributed by atoms with Crippen LogP contribution in [0.5, 0.6) is 11.5 Å². The lowest BCUT2D eigenvalue weighted by Gasteiger charge is -2.15. The Morgan fingerprint density at radius 2 is 1.94 bits per heavy atom. The van der Waals surface area contributed by atoms with E-state index in [1.165, 1.54) is 0 Å². The summed E-state index contributed by atoms with van der Waals surface area (Å²) in [5.74, 6) is 0.261. The minimum atomic E-state index is -0.940. The number of rotatable bonds is 8. The second kappa shape index (κ2) is 7.55. The van der Waals surface area contributed by atoms with Crippen LogP contribution < -0.4 is 14.8 Å². The average molecular weight is 253 g/mol. The molecule has 0 bridgehead atoms. The van der Waals surface area contributed by atoms with Gasteiger partial charge in [0.1, 0.15) is 12.6 Å². The summed E-state index contributed by atoms with van der Waals surface area (Å²) in [5, 5.41) is 11.6. The summed E-state index contributed by atoms with van der Waals surface area (Å²) >= 11 is 0. The van der Waals surface area contributed by atoms with Gasteiger partial charge in [-0.2, -0.15) is 0 Å². The van der Waals surface area contributed by atoms with Gasteiger partial charge in [-0.1, -0.05) is 19.1 Å². The Balaban J connectivity index is 2.63. The number of aliphatic carboxylic acids is 1. The van der Waals surface area contributed by atoms with Crippen molar-refractivity contribution in [3.63, 3.8) is 0 Å². The van der Waals surface area contributed by atoms with E-state index in [1.807, 2.05) is 19.1 Å². The summed E-state index contributed by atoms with van der Waals surface area (Å²) in [5.41, 5.74) is 0. The molecule has 1 aromatic rings. The fraction of sp³-hybridized carbons (Fsp3) is 0.462. The molecule has 0 amide bonds. The third kappa shape index (κ3) is 4.25. The number of benzene rings is 1. The molecule has 0 heterocycles. The first kappa shape index (κ1) is 14.3. The number of likely N-dealkylation sites (N-methyl/N-ethyl adjacent to an activating group) is 1. The van der Waals surface area contributed by atoms with Crippen molar-refractivity contribution in [2.75, 3.05) is 20.3 Å². The largest absolute Gasteiger partial charge is 0.490 e. The molecule has 0 saturated carbocycles. The summed E-state index contributed by atoms with van der Waals surface area (Å²) in [7, 11) is 1.58. The number of carbonyl (C=O) groups is 1. The van der Waals surface area contributed by atoms with Crippen LogP contribution in [0, 0.1) is 0 Å². The predicted octanol–water partition coefficient (Wildman–Crippen LogP) is 1.53. The van der Waals surface area contributed by atoms with E-state index in [2.05, 4.69) is 5.32 Å². The monoisotopic (exact) mass is 253 g/mol. The molecule has 1 aromatic carbocycles. The Kier molecular flexibility index (Phi) is 6.00.